The Hall–Kier alpha value is -1.76. The number of carbonyl (C=O) groups excluding carboxylic acids is 2. The van der Waals surface area contributed by atoms with E-state index in [4.69, 9.17) is 0 Å². The zero-order valence-corrected chi connectivity index (χ0v) is 11.7. The summed E-state index contributed by atoms with van der Waals surface area (Å²) in [4.78, 5) is 35.2. The van der Waals surface area contributed by atoms with E-state index in [1.54, 1.807) is 0 Å². The molecule has 0 radical (unpaired) electrons. The lowest BCUT2D eigenvalue weighted by atomic mass is 10.1. The quantitative estimate of drug-likeness (QED) is 0.367. The van der Waals surface area contributed by atoms with E-state index in [2.05, 4.69) is 15.9 Å². The number of halogens is 1. The van der Waals surface area contributed by atoms with Gasteiger partial charge in [-0.05, 0) is 12.0 Å². The number of amides is 1. The fourth-order valence-electron chi connectivity index (χ4n) is 1.94. The zero-order valence-electron chi connectivity index (χ0n) is 10.1. The number of nitrogens with zero attached hydrogens (tertiary/aromatic N) is 2. The highest BCUT2D eigenvalue weighted by Crippen LogP contribution is 2.32. The van der Waals surface area contributed by atoms with Crippen molar-refractivity contribution in [2.75, 3.05) is 16.8 Å². The molecule has 0 bridgehead atoms. The van der Waals surface area contributed by atoms with Gasteiger partial charge in [-0.1, -0.05) is 22.9 Å². The average Bonchev–Trinajstić information content (AvgIpc) is 2.63. The van der Waals surface area contributed by atoms with Crippen molar-refractivity contribution in [1.82, 2.24) is 0 Å². The Balaban J connectivity index is 2.41. The average molecular weight is 327 g/mol. The summed E-state index contributed by atoms with van der Waals surface area (Å²) in [6, 6.07) is 3.92. The number of non-ortho nitro benzene ring substituents is 1. The first-order chi connectivity index (χ1) is 8.95. The molecule has 1 aromatic carbocycles. The highest BCUT2D eigenvalue weighted by Gasteiger charge is 2.37. The minimum absolute atomic E-state index is 0.112. The van der Waals surface area contributed by atoms with Crippen LogP contribution in [0.5, 0.6) is 0 Å². The topological polar surface area (TPSA) is 80.5 Å². The fraction of sp³-hybridized carbons (Fsp3) is 0.333. The second-order valence-corrected chi connectivity index (χ2v) is 5.11. The molecular formula is C12H11BrN2O4. The third kappa shape index (κ3) is 2.37. The largest absolute Gasteiger partial charge is 0.304 e. The standard InChI is InChI=1S/C12H11BrN2O4/c1-7(5-13)6-14-10-3-2-8(15(18)19)4-9(10)11(16)12(14)17/h2-4,7H,5-6H2,1H3. The third-order valence-corrected chi connectivity index (χ3v) is 4.03. The molecule has 2 rings (SSSR count). The molecule has 0 saturated heterocycles. The summed E-state index contributed by atoms with van der Waals surface area (Å²) < 4.78 is 0. The molecule has 0 N–H and O–H groups in total. The highest BCUT2D eigenvalue weighted by atomic mass is 79.9. The Morgan fingerprint density at radius 1 is 1.42 bits per heavy atom. The second kappa shape index (κ2) is 5.08. The molecule has 6 nitrogen and oxygen atoms in total. The number of Topliss-reactive ketones (excluding diaryl/α,β-unsaturated/α-hetero) is 1. The molecule has 1 unspecified atom stereocenters. The van der Waals surface area contributed by atoms with Gasteiger partial charge in [0.05, 0.1) is 16.2 Å². The van der Waals surface area contributed by atoms with E-state index in [1.165, 1.54) is 17.0 Å². The summed E-state index contributed by atoms with van der Waals surface area (Å²) in [5.74, 6) is -1.12. The van der Waals surface area contributed by atoms with Crippen LogP contribution in [0.25, 0.3) is 0 Å². The van der Waals surface area contributed by atoms with E-state index in [0.717, 1.165) is 6.07 Å². The molecule has 100 valence electrons. The van der Waals surface area contributed by atoms with Gasteiger partial charge in [0.25, 0.3) is 17.4 Å². The van der Waals surface area contributed by atoms with Crippen molar-refractivity contribution < 1.29 is 14.5 Å². The van der Waals surface area contributed by atoms with Crippen molar-refractivity contribution in [2.24, 2.45) is 5.92 Å². The van der Waals surface area contributed by atoms with Crippen LogP contribution in [0, 0.1) is 16.0 Å². The van der Waals surface area contributed by atoms with Gasteiger partial charge in [-0.2, -0.15) is 0 Å². The van der Waals surface area contributed by atoms with Gasteiger partial charge in [0.2, 0.25) is 0 Å². The van der Waals surface area contributed by atoms with Crippen molar-refractivity contribution in [1.29, 1.82) is 0 Å². The van der Waals surface area contributed by atoms with Crippen molar-refractivity contribution in [3.8, 4) is 0 Å². The fourth-order valence-corrected chi connectivity index (χ4v) is 2.15. The summed E-state index contributed by atoms with van der Waals surface area (Å²) in [7, 11) is 0. The lowest BCUT2D eigenvalue weighted by Gasteiger charge is -2.19. The molecule has 1 heterocycles. The van der Waals surface area contributed by atoms with Gasteiger partial charge in [-0.15, -0.1) is 0 Å². The van der Waals surface area contributed by atoms with Gasteiger partial charge in [0.1, 0.15) is 0 Å². The van der Waals surface area contributed by atoms with E-state index in [9.17, 15) is 19.7 Å². The number of fused-ring (bicyclic) bond motifs is 1. The van der Waals surface area contributed by atoms with Crippen LogP contribution in [0.15, 0.2) is 18.2 Å². The first-order valence-electron chi connectivity index (χ1n) is 5.66. The molecule has 0 saturated carbocycles. The Kier molecular flexibility index (Phi) is 3.66. The first kappa shape index (κ1) is 13.7. The molecule has 19 heavy (non-hydrogen) atoms. The lowest BCUT2D eigenvalue weighted by Crippen LogP contribution is -2.34. The van der Waals surface area contributed by atoms with Gasteiger partial charge in [0.15, 0.2) is 0 Å². The SMILES string of the molecule is CC(CBr)CN1C(=O)C(=O)c2cc([N+](=O)[O-])ccc21. The molecule has 0 aromatic heterocycles. The van der Waals surface area contributed by atoms with Crippen LogP contribution in [0.2, 0.25) is 0 Å². The van der Waals surface area contributed by atoms with Gasteiger partial charge in [0, 0.05) is 24.0 Å². The van der Waals surface area contributed by atoms with Crippen molar-refractivity contribution >= 4 is 39.0 Å². The predicted octanol–water partition coefficient (Wildman–Crippen LogP) is 2.16. The number of benzene rings is 1. The molecule has 7 heteroatoms. The van der Waals surface area contributed by atoms with Crippen molar-refractivity contribution in [3.05, 3.63) is 33.9 Å². The highest BCUT2D eigenvalue weighted by molar-refractivity contribution is 9.09. The van der Waals surface area contributed by atoms with E-state index in [0.29, 0.717) is 17.6 Å². The number of ketones is 1. The molecular weight excluding hydrogens is 316 g/mol. The first-order valence-corrected chi connectivity index (χ1v) is 6.78. The number of hydrogen-bond donors (Lipinski definition) is 0. The molecule has 0 fully saturated rings. The van der Waals surface area contributed by atoms with Crippen LogP contribution in [0.1, 0.15) is 17.3 Å². The zero-order chi connectivity index (χ0) is 14.2. The Labute approximate surface area is 117 Å². The monoisotopic (exact) mass is 326 g/mol. The summed E-state index contributed by atoms with van der Waals surface area (Å²) in [5, 5.41) is 11.4. The number of alkyl halides is 1. The summed E-state index contributed by atoms with van der Waals surface area (Å²) in [6.07, 6.45) is 0. The van der Waals surface area contributed by atoms with E-state index in [-0.39, 0.29) is 17.2 Å². The molecule has 1 aliphatic heterocycles. The number of hydrogen-bond acceptors (Lipinski definition) is 4. The van der Waals surface area contributed by atoms with Crippen molar-refractivity contribution in [3.63, 3.8) is 0 Å². The Morgan fingerprint density at radius 3 is 2.68 bits per heavy atom. The maximum Gasteiger partial charge on any atom is 0.299 e. The summed E-state index contributed by atoms with van der Waals surface area (Å²) >= 11 is 3.32. The van der Waals surface area contributed by atoms with Gasteiger partial charge >= 0.3 is 0 Å². The maximum atomic E-state index is 11.9. The van der Waals surface area contributed by atoms with E-state index in [1.807, 2.05) is 6.92 Å². The predicted molar refractivity (Wildman–Crippen MR) is 72.7 cm³/mol. The van der Waals surface area contributed by atoms with Crippen molar-refractivity contribution in [2.45, 2.75) is 6.92 Å². The Bertz CT molecular complexity index is 573. The molecule has 1 aliphatic rings. The number of nitro benzene ring substituents is 1. The van der Waals surface area contributed by atoms with E-state index < -0.39 is 16.6 Å². The van der Waals surface area contributed by atoms with Crippen LogP contribution < -0.4 is 4.90 Å². The maximum absolute atomic E-state index is 11.9. The van der Waals surface area contributed by atoms with Crippen LogP contribution in [-0.4, -0.2) is 28.5 Å². The molecule has 0 spiro atoms. The van der Waals surface area contributed by atoms with Gasteiger partial charge in [-0.25, -0.2) is 0 Å². The molecule has 1 amide bonds. The van der Waals surface area contributed by atoms with Crippen LogP contribution >= 0.6 is 15.9 Å². The van der Waals surface area contributed by atoms with Crippen LogP contribution in [0.4, 0.5) is 11.4 Å². The molecule has 1 aromatic rings. The lowest BCUT2D eigenvalue weighted by molar-refractivity contribution is -0.384. The molecule has 1 atom stereocenters. The number of nitro groups is 1. The number of rotatable bonds is 4. The molecule has 0 aliphatic carbocycles. The third-order valence-electron chi connectivity index (χ3n) is 2.92. The Morgan fingerprint density at radius 2 is 2.11 bits per heavy atom. The number of carbonyl (C=O) groups is 2. The van der Waals surface area contributed by atoms with Gasteiger partial charge < -0.3 is 4.90 Å². The second-order valence-electron chi connectivity index (χ2n) is 4.46. The van der Waals surface area contributed by atoms with Crippen LogP contribution in [0.3, 0.4) is 0 Å². The number of anilines is 1. The summed E-state index contributed by atoms with van der Waals surface area (Å²) in [5.41, 5.74) is 0.379. The van der Waals surface area contributed by atoms with E-state index >= 15 is 0 Å². The minimum atomic E-state index is -0.680. The van der Waals surface area contributed by atoms with Crippen LogP contribution in [-0.2, 0) is 4.79 Å². The van der Waals surface area contributed by atoms with Gasteiger partial charge in [-0.3, -0.25) is 19.7 Å². The smallest absolute Gasteiger partial charge is 0.299 e. The minimum Gasteiger partial charge on any atom is -0.304 e. The summed E-state index contributed by atoms with van der Waals surface area (Å²) in [6.45, 7) is 2.34. The normalized spacial score (nSPS) is 15.6.